The third-order valence-electron chi connectivity index (χ3n) is 3.10. The monoisotopic (exact) mass is 369 g/mol. The van der Waals surface area contributed by atoms with Crippen molar-refractivity contribution in [2.75, 3.05) is 18.4 Å². The molecule has 1 aromatic heterocycles. The number of thioether (sulfide) groups is 1. The third kappa shape index (κ3) is 6.26. The molecule has 24 heavy (non-hydrogen) atoms. The fourth-order valence-electron chi connectivity index (χ4n) is 2.23. The predicted molar refractivity (Wildman–Crippen MR) is 99.5 cm³/mol. The van der Waals surface area contributed by atoms with E-state index >= 15 is 0 Å². The third-order valence-corrected chi connectivity index (χ3v) is 5.03. The van der Waals surface area contributed by atoms with Gasteiger partial charge < -0.3 is 10.1 Å². The molecule has 132 valence electrons. The van der Waals surface area contributed by atoms with Crippen LogP contribution in [0, 0.1) is 0 Å². The summed E-state index contributed by atoms with van der Waals surface area (Å²) in [6, 6.07) is 0. The molecular formula is C16H23N3O3S2. The first-order valence-corrected chi connectivity index (χ1v) is 9.53. The van der Waals surface area contributed by atoms with Crippen LogP contribution in [-0.4, -0.2) is 40.1 Å². The van der Waals surface area contributed by atoms with Crippen molar-refractivity contribution in [3.8, 4) is 0 Å². The van der Waals surface area contributed by atoms with E-state index in [1.807, 2.05) is 32.2 Å². The van der Waals surface area contributed by atoms with Gasteiger partial charge in [-0.25, -0.2) is 9.78 Å². The zero-order valence-corrected chi connectivity index (χ0v) is 16.0. The van der Waals surface area contributed by atoms with E-state index in [2.05, 4.69) is 15.6 Å². The number of thiazole rings is 1. The van der Waals surface area contributed by atoms with Crippen molar-refractivity contribution in [3.63, 3.8) is 0 Å². The SMILES string of the molecule is CC(=O)SC1CCNCC1=Cc1csc(NC(=O)OC(C)(C)C)n1. The lowest BCUT2D eigenvalue weighted by Gasteiger charge is -2.24. The molecule has 0 saturated carbocycles. The van der Waals surface area contributed by atoms with Gasteiger partial charge in [0.15, 0.2) is 10.2 Å². The van der Waals surface area contributed by atoms with Gasteiger partial charge in [0.1, 0.15) is 5.60 Å². The Morgan fingerprint density at radius 2 is 2.25 bits per heavy atom. The van der Waals surface area contributed by atoms with Gasteiger partial charge in [0.25, 0.3) is 0 Å². The van der Waals surface area contributed by atoms with Crippen LogP contribution in [0.4, 0.5) is 9.93 Å². The summed E-state index contributed by atoms with van der Waals surface area (Å²) >= 11 is 2.71. The van der Waals surface area contributed by atoms with E-state index in [9.17, 15) is 9.59 Å². The normalized spacial score (nSPS) is 20.0. The molecule has 1 fully saturated rings. The Kier molecular flexibility index (Phi) is 6.42. The molecule has 0 radical (unpaired) electrons. The van der Waals surface area contributed by atoms with Gasteiger partial charge in [-0.2, -0.15) is 0 Å². The van der Waals surface area contributed by atoms with Crippen LogP contribution < -0.4 is 10.6 Å². The summed E-state index contributed by atoms with van der Waals surface area (Å²) in [7, 11) is 0. The van der Waals surface area contributed by atoms with Crippen LogP contribution in [0.15, 0.2) is 11.0 Å². The summed E-state index contributed by atoms with van der Waals surface area (Å²) in [4.78, 5) is 27.6. The Labute approximate surface area is 150 Å². The van der Waals surface area contributed by atoms with Crippen LogP contribution in [-0.2, 0) is 9.53 Å². The fourth-order valence-corrected chi connectivity index (χ4v) is 3.83. The first-order valence-electron chi connectivity index (χ1n) is 7.77. The van der Waals surface area contributed by atoms with Gasteiger partial charge in [-0.1, -0.05) is 11.8 Å². The predicted octanol–water partition coefficient (Wildman–Crippen LogP) is 3.52. The van der Waals surface area contributed by atoms with Crippen molar-refractivity contribution in [1.82, 2.24) is 10.3 Å². The van der Waals surface area contributed by atoms with Crippen molar-refractivity contribution in [2.24, 2.45) is 0 Å². The van der Waals surface area contributed by atoms with Crippen molar-refractivity contribution in [1.29, 1.82) is 0 Å². The summed E-state index contributed by atoms with van der Waals surface area (Å²) in [6.07, 6.45) is 2.40. The van der Waals surface area contributed by atoms with Gasteiger partial charge >= 0.3 is 6.09 Å². The van der Waals surface area contributed by atoms with E-state index in [4.69, 9.17) is 4.74 Å². The number of aromatic nitrogens is 1. The van der Waals surface area contributed by atoms with Gasteiger partial charge in [-0.15, -0.1) is 11.3 Å². The molecule has 0 aromatic carbocycles. The highest BCUT2D eigenvalue weighted by Crippen LogP contribution is 2.28. The number of nitrogens with zero attached hydrogens (tertiary/aromatic N) is 1. The van der Waals surface area contributed by atoms with E-state index < -0.39 is 11.7 Å². The maximum absolute atomic E-state index is 11.8. The van der Waals surface area contributed by atoms with Crippen molar-refractivity contribution in [2.45, 2.75) is 45.0 Å². The molecule has 8 heteroatoms. The van der Waals surface area contributed by atoms with E-state index in [0.717, 1.165) is 30.8 Å². The summed E-state index contributed by atoms with van der Waals surface area (Å²) in [6.45, 7) is 8.69. The van der Waals surface area contributed by atoms with E-state index in [-0.39, 0.29) is 10.4 Å². The molecule has 1 aliphatic heterocycles. The molecule has 1 saturated heterocycles. The number of anilines is 1. The number of ether oxygens (including phenoxy) is 1. The van der Waals surface area contributed by atoms with Crippen LogP contribution >= 0.6 is 23.1 Å². The second-order valence-electron chi connectivity index (χ2n) is 6.49. The number of carbonyl (C=O) groups is 2. The number of hydrogen-bond donors (Lipinski definition) is 2. The highest BCUT2D eigenvalue weighted by Gasteiger charge is 2.21. The summed E-state index contributed by atoms with van der Waals surface area (Å²) in [5.74, 6) is 0. The Balaban J connectivity index is 2.03. The number of hydrogen-bond acceptors (Lipinski definition) is 7. The molecule has 1 aliphatic rings. The smallest absolute Gasteiger partial charge is 0.413 e. The zero-order valence-electron chi connectivity index (χ0n) is 14.3. The number of nitrogens with one attached hydrogen (secondary N) is 2. The maximum atomic E-state index is 11.8. The fraction of sp³-hybridized carbons (Fsp3) is 0.562. The molecule has 0 aliphatic carbocycles. The second-order valence-corrected chi connectivity index (χ2v) is 8.72. The molecular weight excluding hydrogens is 346 g/mol. The maximum Gasteiger partial charge on any atom is 0.413 e. The van der Waals surface area contributed by atoms with Crippen LogP contribution in [0.5, 0.6) is 0 Å². The number of amides is 1. The minimum absolute atomic E-state index is 0.123. The molecule has 0 bridgehead atoms. The van der Waals surface area contributed by atoms with Gasteiger partial charge in [-0.3, -0.25) is 10.1 Å². The van der Waals surface area contributed by atoms with E-state index in [1.54, 1.807) is 6.92 Å². The van der Waals surface area contributed by atoms with Gasteiger partial charge in [0.2, 0.25) is 0 Å². The number of rotatable bonds is 3. The molecule has 2 N–H and O–H groups in total. The van der Waals surface area contributed by atoms with Crippen LogP contribution in [0.3, 0.4) is 0 Å². The van der Waals surface area contributed by atoms with Gasteiger partial charge in [0, 0.05) is 24.1 Å². The van der Waals surface area contributed by atoms with Gasteiger partial charge in [0.05, 0.1) is 5.69 Å². The molecule has 1 aromatic rings. The molecule has 1 unspecified atom stereocenters. The topological polar surface area (TPSA) is 80.3 Å². The number of carbonyl (C=O) groups excluding carboxylic acids is 2. The van der Waals surface area contributed by atoms with E-state index in [0.29, 0.717) is 5.13 Å². The Hall–Kier alpha value is -1.38. The molecule has 1 atom stereocenters. The minimum atomic E-state index is -0.545. The lowest BCUT2D eigenvalue weighted by molar-refractivity contribution is -0.109. The average molecular weight is 370 g/mol. The van der Waals surface area contributed by atoms with Crippen LogP contribution in [0.2, 0.25) is 0 Å². The number of piperidine rings is 1. The van der Waals surface area contributed by atoms with Crippen LogP contribution in [0.1, 0.15) is 39.8 Å². The lowest BCUT2D eigenvalue weighted by atomic mass is 10.1. The Bertz CT molecular complexity index is 635. The second kappa shape index (κ2) is 8.13. The lowest BCUT2D eigenvalue weighted by Crippen LogP contribution is -2.32. The molecule has 2 heterocycles. The van der Waals surface area contributed by atoms with Crippen LogP contribution in [0.25, 0.3) is 6.08 Å². The Morgan fingerprint density at radius 1 is 1.50 bits per heavy atom. The highest BCUT2D eigenvalue weighted by molar-refractivity contribution is 8.14. The largest absolute Gasteiger partial charge is 0.444 e. The standard InChI is InChI=1S/C16H23N3O3S2/c1-10(20)24-13-5-6-17-8-11(13)7-12-9-23-14(18-12)19-15(21)22-16(2,3)4/h7,9,13,17H,5-6,8H2,1-4H3,(H,18,19,21). The zero-order chi connectivity index (χ0) is 17.7. The average Bonchev–Trinajstić information content (AvgIpc) is 2.85. The molecule has 2 rings (SSSR count). The first kappa shape index (κ1) is 19.0. The minimum Gasteiger partial charge on any atom is -0.444 e. The summed E-state index contributed by atoms with van der Waals surface area (Å²) in [5, 5.41) is 8.64. The first-order chi connectivity index (χ1) is 11.2. The van der Waals surface area contributed by atoms with Gasteiger partial charge in [-0.05, 0) is 45.4 Å². The van der Waals surface area contributed by atoms with Crippen molar-refractivity contribution in [3.05, 3.63) is 16.6 Å². The van der Waals surface area contributed by atoms with Crippen molar-refractivity contribution >= 4 is 45.5 Å². The molecule has 1 amide bonds. The quantitative estimate of drug-likeness (QED) is 0.849. The summed E-state index contributed by atoms with van der Waals surface area (Å²) < 4.78 is 5.21. The molecule has 0 spiro atoms. The van der Waals surface area contributed by atoms with Crippen molar-refractivity contribution < 1.29 is 14.3 Å². The summed E-state index contributed by atoms with van der Waals surface area (Å²) in [5.41, 5.74) is 1.38. The van der Waals surface area contributed by atoms with E-state index in [1.165, 1.54) is 23.1 Å². The highest BCUT2D eigenvalue weighted by atomic mass is 32.2. The Morgan fingerprint density at radius 3 is 2.92 bits per heavy atom. The molecule has 6 nitrogen and oxygen atoms in total.